The second kappa shape index (κ2) is 4.73. The topological polar surface area (TPSA) is 104 Å². The Morgan fingerprint density at radius 2 is 2.06 bits per heavy atom. The summed E-state index contributed by atoms with van der Waals surface area (Å²) < 4.78 is 0. The monoisotopic (exact) mass is 239 g/mol. The predicted octanol–water partition coefficient (Wildman–Crippen LogP) is 1.11. The number of carboxylic acid groups (broad SMARTS) is 1. The maximum absolute atomic E-state index is 10.9. The standard InChI is InChI=1S/C12H17NO4/c1-12(2,6-14)10(13)7-3-4-9(15)8(5-7)11(16)17/h3-5,10,14-15H,6,13H2,1-2H3,(H,16,17)/t10-/m0/s1. The molecule has 0 aliphatic heterocycles. The Bertz CT molecular complexity index is 429. The van der Waals surface area contributed by atoms with Crippen LogP contribution >= 0.6 is 0 Å². The van der Waals surface area contributed by atoms with Gasteiger partial charge in [0.2, 0.25) is 0 Å². The largest absolute Gasteiger partial charge is 0.507 e. The summed E-state index contributed by atoms with van der Waals surface area (Å²) in [5, 5.41) is 27.5. The highest BCUT2D eigenvalue weighted by Gasteiger charge is 2.27. The molecule has 0 saturated heterocycles. The fourth-order valence-electron chi connectivity index (χ4n) is 1.47. The molecule has 0 aliphatic rings. The second-order valence-corrected chi connectivity index (χ2v) is 4.71. The van der Waals surface area contributed by atoms with E-state index in [4.69, 9.17) is 10.8 Å². The van der Waals surface area contributed by atoms with Crippen LogP contribution < -0.4 is 5.73 Å². The van der Waals surface area contributed by atoms with Crippen molar-refractivity contribution in [1.29, 1.82) is 0 Å². The van der Waals surface area contributed by atoms with Gasteiger partial charge in [-0.3, -0.25) is 0 Å². The average Bonchev–Trinajstić information content (AvgIpc) is 2.28. The summed E-state index contributed by atoms with van der Waals surface area (Å²) in [7, 11) is 0. The SMILES string of the molecule is CC(C)(CO)[C@@H](N)c1ccc(O)c(C(=O)O)c1. The maximum Gasteiger partial charge on any atom is 0.339 e. The van der Waals surface area contributed by atoms with Crippen LogP contribution in [0.3, 0.4) is 0 Å². The molecule has 1 atom stereocenters. The molecule has 1 aromatic carbocycles. The zero-order valence-electron chi connectivity index (χ0n) is 9.84. The van der Waals surface area contributed by atoms with E-state index >= 15 is 0 Å². The maximum atomic E-state index is 10.9. The Kier molecular flexibility index (Phi) is 3.75. The summed E-state index contributed by atoms with van der Waals surface area (Å²) in [6.07, 6.45) is 0. The summed E-state index contributed by atoms with van der Waals surface area (Å²) >= 11 is 0. The molecule has 0 fully saturated rings. The molecule has 0 aromatic heterocycles. The number of hydrogen-bond donors (Lipinski definition) is 4. The van der Waals surface area contributed by atoms with Gasteiger partial charge in [0.15, 0.2) is 0 Å². The van der Waals surface area contributed by atoms with Gasteiger partial charge in [-0.1, -0.05) is 19.9 Å². The third-order valence-electron chi connectivity index (χ3n) is 2.86. The molecule has 5 heteroatoms. The van der Waals surface area contributed by atoms with Gasteiger partial charge in [-0.25, -0.2) is 4.79 Å². The molecular weight excluding hydrogens is 222 g/mol. The number of rotatable bonds is 4. The van der Waals surface area contributed by atoms with Gasteiger partial charge in [-0.15, -0.1) is 0 Å². The van der Waals surface area contributed by atoms with Gasteiger partial charge in [0.25, 0.3) is 0 Å². The van der Waals surface area contributed by atoms with Gasteiger partial charge in [0, 0.05) is 18.1 Å². The minimum absolute atomic E-state index is 0.114. The minimum Gasteiger partial charge on any atom is -0.507 e. The zero-order valence-corrected chi connectivity index (χ0v) is 9.84. The first-order valence-electron chi connectivity index (χ1n) is 5.22. The van der Waals surface area contributed by atoms with Crippen molar-refractivity contribution in [1.82, 2.24) is 0 Å². The zero-order chi connectivity index (χ0) is 13.2. The Labute approximate surface area is 99.5 Å². The van der Waals surface area contributed by atoms with E-state index in [0.29, 0.717) is 5.56 Å². The molecule has 0 radical (unpaired) electrons. The summed E-state index contributed by atoms with van der Waals surface area (Å²) in [4.78, 5) is 10.9. The van der Waals surface area contributed by atoms with Crippen molar-refractivity contribution < 1.29 is 20.1 Å². The lowest BCUT2D eigenvalue weighted by Gasteiger charge is -2.29. The van der Waals surface area contributed by atoms with E-state index in [1.54, 1.807) is 19.9 Å². The van der Waals surface area contributed by atoms with E-state index in [-0.39, 0.29) is 17.9 Å². The van der Waals surface area contributed by atoms with E-state index in [9.17, 15) is 15.0 Å². The van der Waals surface area contributed by atoms with Crippen molar-refractivity contribution in [3.05, 3.63) is 29.3 Å². The Balaban J connectivity index is 3.16. The highest BCUT2D eigenvalue weighted by Crippen LogP contribution is 2.32. The normalized spacial score (nSPS) is 13.4. The Hall–Kier alpha value is -1.59. The second-order valence-electron chi connectivity index (χ2n) is 4.71. The van der Waals surface area contributed by atoms with Crippen molar-refractivity contribution in [2.45, 2.75) is 19.9 Å². The molecule has 17 heavy (non-hydrogen) atoms. The fourth-order valence-corrected chi connectivity index (χ4v) is 1.47. The average molecular weight is 239 g/mol. The van der Waals surface area contributed by atoms with Gasteiger partial charge in [0.05, 0.1) is 0 Å². The number of carbonyl (C=O) groups is 1. The van der Waals surface area contributed by atoms with E-state index in [2.05, 4.69) is 0 Å². The molecule has 94 valence electrons. The van der Waals surface area contributed by atoms with Crippen molar-refractivity contribution in [2.75, 3.05) is 6.61 Å². The highest BCUT2D eigenvalue weighted by molar-refractivity contribution is 5.90. The molecule has 0 bridgehead atoms. The number of benzene rings is 1. The molecule has 0 spiro atoms. The highest BCUT2D eigenvalue weighted by atomic mass is 16.4. The number of carboxylic acids is 1. The molecule has 5 nitrogen and oxygen atoms in total. The summed E-state index contributed by atoms with van der Waals surface area (Å²) in [6, 6.07) is 3.68. The lowest BCUT2D eigenvalue weighted by molar-refractivity contribution is 0.0693. The smallest absolute Gasteiger partial charge is 0.339 e. The van der Waals surface area contributed by atoms with Crippen molar-refractivity contribution in [2.24, 2.45) is 11.1 Å². The number of aromatic hydroxyl groups is 1. The summed E-state index contributed by atoms with van der Waals surface area (Å²) in [6.45, 7) is 3.45. The van der Waals surface area contributed by atoms with Crippen LogP contribution in [0.5, 0.6) is 5.75 Å². The molecule has 1 aromatic rings. The molecule has 0 amide bonds. The van der Waals surface area contributed by atoms with Gasteiger partial charge < -0.3 is 21.1 Å². The Morgan fingerprint density at radius 1 is 1.47 bits per heavy atom. The molecular formula is C12H17NO4. The van der Waals surface area contributed by atoms with Crippen LogP contribution in [0.25, 0.3) is 0 Å². The quantitative estimate of drug-likeness (QED) is 0.630. The lowest BCUT2D eigenvalue weighted by Crippen LogP contribution is -2.32. The first-order chi connectivity index (χ1) is 7.79. The van der Waals surface area contributed by atoms with Gasteiger partial charge >= 0.3 is 5.97 Å². The van der Waals surface area contributed by atoms with Crippen LogP contribution in [-0.4, -0.2) is 27.9 Å². The van der Waals surface area contributed by atoms with E-state index < -0.39 is 17.4 Å². The van der Waals surface area contributed by atoms with E-state index in [1.165, 1.54) is 12.1 Å². The van der Waals surface area contributed by atoms with Crippen molar-refractivity contribution >= 4 is 5.97 Å². The number of aliphatic hydroxyl groups excluding tert-OH is 1. The van der Waals surface area contributed by atoms with Gasteiger partial charge in [-0.2, -0.15) is 0 Å². The van der Waals surface area contributed by atoms with Crippen LogP contribution in [0.15, 0.2) is 18.2 Å². The molecule has 0 aliphatic carbocycles. The van der Waals surface area contributed by atoms with Crippen LogP contribution in [0.2, 0.25) is 0 Å². The van der Waals surface area contributed by atoms with E-state index in [0.717, 1.165) is 0 Å². The lowest BCUT2D eigenvalue weighted by atomic mass is 9.81. The van der Waals surface area contributed by atoms with E-state index in [1.807, 2.05) is 0 Å². The molecule has 0 unspecified atom stereocenters. The molecule has 5 N–H and O–H groups in total. The number of nitrogens with two attached hydrogens (primary N) is 1. The van der Waals surface area contributed by atoms with Gasteiger partial charge in [-0.05, 0) is 17.7 Å². The third kappa shape index (κ3) is 2.75. The predicted molar refractivity (Wildman–Crippen MR) is 62.9 cm³/mol. The minimum atomic E-state index is -1.21. The van der Waals surface area contributed by atoms with Crippen molar-refractivity contribution in [3.8, 4) is 5.75 Å². The van der Waals surface area contributed by atoms with Crippen LogP contribution in [0.4, 0.5) is 0 Å². The van der Waals surface area contributed by atoms with Crippen molar-refractivity contribution in [3.63, 3.8) is 0 Å². The number of aliphatic hydroxyl groups is 1. The van der Waals surface area contributed by atoms with Crippen LogP contribution in [0.1, 0.15) is 35.8 Å². The number of aromatic carboxylic acids is 1. The van der Waals surface area contributed by atoms with Crippen LogP contribution in [0, 0.1) is 5.41 Å². The fraction of sp³-hybridized carbons (Fsp3) is 0.417. The van der Waals surface area contributed by atoms with Crippen LogP contribution in [-0.2, 0) is 0 Å². The first kappa shape index (κ1) is 13.5. The number of phenols is 1. The molecule has 0 heterocycles. The first-order valence-corrected chi connectivity index (χ1v) is 5.22. The summed E-state index contributed by atoms with van der Waals surface area (Å²) in [5.74, 6) is -1.51. The molecule has 1 rings (SSSR count). The third-order valence-corrected chi connectivity index (χ3v) is 2.86. The summed E-state index contributed by atoms with van der Waals surface area (Å²) in [5.41, 5.74) is 5.79. The number of hydrogen-bond acceptors (Lipinski definition) is 4. The molecule has 0 saturated carbocycles. The Morgan fingerprint density at radius 3 is 2.53 bits per heavy atom. The van der Waals surface area contributed by atoms with Gasteiger partial charge in [0.1, 0.15) is 11.3 Å².